The minimum absolute atomic E-state index is 0.131. The number of aromatic nitrogens is 4. The van der Waals surface area contributed by atoms with Gasteiger partial charge in [-0.3, -0.25) is 19.2 Å². The molecule has 0 radical (unpaired) electrons. The fourth-order valence-electron chi connectivity index (χ4n) is 5.68. The van der Waals surface area contributed by atoms with Crippen LogP contribution < -0.4 is 38.7 Å². The van der Waals surface area contributed by atoms with Crippen LogP contribution in [0.3, 0.4) is 0 Å². The molecule has 0 saturated heterocycles. The van der Waals surface area contributed by atoms with Crippen LogP contribution in [0.5, 0.6) is 0 Å². The molecule has 0 atom stereocenters. The Kier molecular flexibility index (Phi) is 25.6. The van der Waals surface area contributed by atoms with Crippen LogP contribution in [0.15, 0.2) is 244 Å². The molecule has 0 amide bonds. The number of hydrogen-bond acceptors (Lipinski definition) is 12. The van der Waals surface area contributed by atoms with Gasteiger partial charge < -0.3 is 39.6 Å². The molecule has 72 heavy (non-hydrogen) atoms. The monoisotopic (exact) mass is 968 g/mol. The molecule has 0 fully saturated rings. The zero-order chi connectivity index (χ0) is 52.4. The molecule has 0 aliphatic rings. The Morgan fingerprint density at radius 3 is 0.514 bits per heavy atom. The molecule has 0 unspecified atom stereocenters. The summed E-state index contributed by atoms with van der Waals surface area (Å²) < 4.78 is 7.48. The van der Waals surface area contributed by atoms with Gasteiger partial charge in [0.25, 0.3) is 0 Å². The highest BCUT2D eigenvalue weighted by Gasteiger charge is 2.13. The summed E-state index contributed by atoms with van der Waals surface area (Å²) in [5.74, 6) is -8.22. The SMILES string of the molecule is O=C(C[n+]1ccccc1)c1ccccc1.O=C(C[n+]1ccccc1)c1ccccc1.O=C(C[n+]1ccccc1)c1ccccc1.O=C(C[n+]1ccccc1)c1ccccc1.O=C([O-])C(=O)[O-].O=C([O-])C(=O)[O-]. The van der Waals surface area contributed by atoms with Gasteiger partial charge in [-0.15, -0.1) is 0 Å². The average Bonchev–Trinajstić information content (AvgIpc) is 3.41. The van der Waals surface area contributed by atoms with E-state index in [1.165, 1.54) is 0 Å². The number of carbonyl (C=O) groups is 8. The molecule has 4 aromatic carbocycles. The summed E-state index contributed by atoms with van der Waals surface area (Å²) in [5, 5.41) is 35.7. The van der Waals surface area contributed by atoms with Crippen LogP contribution in [0.4, 0.5) is 0 Å². The smallest absolute Gasteiger partial charge is 0.227 e. The van der Waals surface area contributed by atoms with Gasteiger partial charge in [-0.1, -0.05) is 146 Å². The molecule has 0 saturated carbocycles. The maximum absolute atomic E-state index is 11.8. The van der Waals surface area contributed by atoms with E-state index in [1.54, 1.807) is 0 Å². The maximum atomic E-state index is 11.8. The number of benzene rings is 4. The number of nitrogens with zero attached hydrogens (tertiary/aromatic N) is 4. The lowest BCUT2D eigenvalue weighted by molar-refractivity contribution is -0.683. The van der Waals surface area contributed by atoms with Crippen LogP contribution in [0, 0.1) is 0 Å². The van der Waals surface area contributed by atoms with Crippen LogP contribution in [-0.2, 0) is 45.4 Å². The molecule has 0 N–H and O–H groups in total. The van der Waals surface area contributed by atoms with E-state index in [4.69, 9.17) is 39.6 Å². The van der Waals surface area contributed by atoms with E-state index in [0.29, 0.717) is 26.2 Å². The van der Waals surface area contributed by atoms with Gasteiger partial charge in [0.2, 0.25) is 49.3 Å². The first-order chi connectivity index (χ1) is 34.7. The molecule has 4 aromatic heterocycles. The number of pyridine rings is 4. The van der Waals surface area contributed by atoms with Crippen molar-refractivity contribution in [3.05, 3.63) is 266 Å². The van der Waals surface area contributed by atoms with Gasteiger partial charge in [0.15, 0.2) is 49.6 Å². The van der Waals surface area contributed by atoms with Crippen molar-refractivity contribution in [1.29, 1.82) is 0 Å². The number of carboxylic acids is 4. The molecule has 8 rings (SSSR count). The second-order valence-electron chi connectivity index (χ2n) is 14.5. The molecule has 0 aliphatic heterocycles. The summed E-state index contributed by atoms with van der Waals surface area (Å²) in [6.45, 7) is 1.57. The molecule has 0 aliphatic carbocycles. The Labute approximate surface area is 414 Å². The minimum atomic E-state index is -2.19. The second kappa shape index (κ2) is 32.7. The quantitative estimate of drug-likeness (QED) is 0.0918. The Hall–Kier alpha value is -9.96. The van der Waals surface area contributed by atoms with Crippen molar-refractivity contribution < 1.29 is 77.1 Å². The van der Waals surface area contributed by atoms with E-state index in [9.17, 15) is 19.2 Å². The second-order valence-corrected chi connectivity index (χ2v) is 14.5. The number of rotatable bonds is 12. The molecule has 16 heteroatoms. The van der Waals surface area contributed by atoms with Gasteiger partial charge >= 0.3 is 0 Å². The lowest BCUT2D eigenvalue weighted by Crippen LogP contribution is -2.42. The fourth-order valence-corrected chi connectivity index (χ4v) is 5.68. The Bertz CT molecular complexity index is 2500. The van der Waals surface area contributed by atoms with Crippen molar-refractivity contribution in [3.63, 3.8) is 0 Å². The average molecular weight is 969 g/mol. The minimum Gasteiger partial charge on any atom is -0.543 e. The summed E-state index contributed by atoms with van der Waals surface area (Å²) in [4.78, 5) is 82.9. The zero-order valence-corrected chi connectivity index (χ0v) is 38.6. The van der Waals surface area contributed by atoms with E-state index in [-0.39, 0.29) is 23.1 Å². The third-order valence-corrected chi connectivity index (χ3v) is 9.13. The first-order valence-corrected chi connectivity index (χ1v) is 21.7. The number of carbonyl (C=O) groups excluding carboxylic acids is 8. The normalized spacial score (nSPS) is 9.44. The standard InChI is InChI=1S/4C13H12NO.2C2H2O4/c4*15-13(12-7-3-1-4-8-12)11-14-9-5-2-6-10-14;2*3-1(4)2(5)6/h4*1-10H,11H2;2*(H,3,4)(H,5,6)/q4*+1;;/p-4. The van der Waals surface area contributed by atoms with Gasteiger partial charge in [0, 0.05) is 70.8 Å². The van der Waals surface area contributed by atoms with Crippen molar-refractivity contribution in [3.8, 4) is 0 Å². The van der Waals surface area contributed by atoms with Gasteiger partial charge in [-0.2, -0.15) is 18.3 Å². The predicted molar refractivity (Wildman–Crippen MR) is 250 cm³/mol. The van der Waals surface area contributed by atoms with Gasteiger partial charge in [-0.05, 0) is 0 Å². The first-order valence-electron chi connectivity index (χ1n) is 21.7. The number of Topliss-reactive ketones (excluding diaryl/α,β-unsaturated/α-hetero) is 4. The van der Waals surface area contributed by atoms with E-state index in [1.807, 2.05) is 262 Å². The highest BCUT2D eigenvalue weighted by atomic mass is 16.4. The lowest BCUT2D eigenvalue weighted by atomic mass is 10.1. The molecular weight excluding hydrogens is 921 g/mol. The third-order valence-electron chi connectivity index (χ3n) is 9.13. The Balaban J connectivity index is 0.000000236. The maximum Gasteiger partial charge on any atom is 0.227 e. The lowest BCUT2D eigenvalue weighted by Gasteiger charge is -1.97. The number of ketones is 4. The van der Waals surface area contributed by atoms with Crippen molar-refractivity contribution in [2.75, 3.05) is 0 Å². The van der Waals surface area contributed by atoms with Gasteiger partial charge in [-0.25, -0.2) is 0 Å². The van der Waals surface area contributed by atoms with Crippen LogP contribution in [0.1, 0.15) is 41.4 Å². The highest BCUT2D eigenvalue weighted by Crippen LogP contribution is 2.02. The Morgan fingerprint density at radius 2 is 0.375 bits per heavy atom. The van der Waals surface area contributed by atoms with E-state index in [2.05, 4.69) is 0 Å². The number of carboxylic acid groups (broad SMARTS) is 4. The van der Waals surface area contributed by atoms with Crippen molar-refractivity contribution in [1.82, 2.24) is 0 Å². The van der Waals surface area contributed by atoms with E-state index >= 15 is 0 Å². The Morgan fingerprint density at radius 1 is 0.236 bits per heavy atom. The summed E-state index contributed by atoms with van der Waals surface area (Å²) in [5.41, 5.74) is 3.03. The number of hydrogen-bond donors (Lipinski definition) is 0. The van der Waals surface area contributed by atoms with Gasteiger partial charge in [0.05, 0.1) is 23.9 Å². The first kappa shape index (κ1) is 56.4. The predicted octanol–water partition coefficient (Wildman–Crippen LogP) is 0.400. The molecule has 4 heterocycles. The summed E-state index contributed by atoms with van der Waals surface area (Å²) in [6, 6.07) is 60.4. The molecule has 0 spiro atoms. The number of aliphatic carboxylic acids is 4. The van der Waals surface area contributed by atoms with Crippen molar-refractivity contribution in [2.24, 2.45) is 0 Å². The van der Waals surface area contributed by atoms with E-state index < -0.39 is 23.9 Å². The topological polar surface area (TPSA) is 244 Å². The molecule has 364 valence electrons. The van der Waals surface area contributed by atoms with Crippen molar-refractivity contribution in [2.45, 2.75) is 26.2 Å². The zero-order valence-electron chi connectivity index (χ0n) is 38.6. The van der Waals surface area contributed by atoms with Crippen LogP contribution in [0.25, 0.3) is 0 Å². The summed E-state index contributed by atoms with van der Waals surface area (Å²) in [7, 11) is 0. The summed E-state index contributed by atoms with van der Waals surface area (Å²) in [6.07, 6.45) is 15.1. The molecular formula is C56H48N4O12. The molecule has 16 nitrogen and oxygen atoms in total. The van der Waals surface area contributed by atoms with Gasteiger partial charge in [0.1, 0.15) is 0 Å². The highest BCUT2D eigenvalue weighted by molar-refractivity contribution is 6.25. The molecule has 0 bridgehead atoms. The van der Waals surface area contributed by atoms with Crippen LogP contribution >= 0.6 is 0 Å². The fraction of sp³-hybridized carbons (Fsp3) is 0.0714. The summed E-state index contributed by atoms with van der Waals surface area (Å²) >= 11 is 0. The largest absolute Gasteiger partial charge is 0.543 e. The van der Waals surface area contributed by atoms with Crippen LogP contribution in [0.2, 0.25) is 0 Å². The van der Waals surface area contributed by atoms with Crippen LogP contribution in [-0.4, -0.2) is 47.0 Å². The molecule has 8 aromatic rings. The van der Waals surface area contributed by atoms with E-state index in [0.717, 1.165) is 22.3 Å². The van der Waals surface area contributed by atoms with Crippen molar-refractivity contribution >= 4 is 47.0 Å². The third kappa shape index (κ3) is 23.7.